The third-order valence-corrected chi connectivity index (χ3v) is 3.88. The number of halogens is 2. The lowest BCUT2D eigenvalue weighted by molar-refractivity contribution is 0.584. The van der Waals surface area contributed by atoms with Gasteiger partial charge >= 0.3 is 5.69 Å². The van der Waals surface area contributed by atoms with Crippen LogP contribution >= 0.6 is 11.6 Å². The number of aromatic amines is 1. The smallest absolute Gasteiger partial charge is 0.307 e. The van der Waals surface area contributed by atoms with Crippen molar-refractivity contribution in [2.45, 2.75) is 13.0 Å². The highest BCUT2D eigenvalue weighted by atomic mass is 35.5. The topological polar surface area (TPSA) is 54.9 Å². The minimum atomic E-state index is -0.578. The Hall–Kier alpha value is -2.40. The van der Waals surface area contributed by atoms with Crippen LogP contribution in [0.1, 0.15) is 18.5 Å². The molecule has 3 aromatic rings. The molecule has 2 aromatic carbocycles. The molecule has 0 bridgehead atoms. The maximum atomic E-state index is 13.2. The summed E-state index contributed by atoms with van der Waals surface area (Å²) in [4.78, 5) is 27.3. The standard InChI is InChI=1S/C16H12ClFN2O2/c1-9(10-2-4-11(17)5-3-10)20-15(21)13-7-6-12(18)8-14(13)19-16(20)22/h2-9H,1H3,(H,19,22)/t9-/m1/s1. The number of benzene rings is 2. The molecule has 0 unspecified atom stereocenters. The van der Waals surface area contributed by atoms with Gasteiger partial charge in [0.2, 0.25) is 0 Å². The number of H-pyrrole nitrogens is 1. The van der Waals surface area contributed by atoms with Gasteiger partial charge in [-0.3, -0.25) is 9.36 Å². The molecule has 1 aromatic heterocycles. The molecular weight excluding hydrogens is 307 g/mol. The van der Waals surface area contributed by atoms with Gasteiger partial charge < -0.3 is 4.98 Å². The first-order valence-electron chi connectivity index (χ1n) is 6.67. The van der Waals surface area contributed by atoms with Crippen molar-refractivity contribution in [2.75, 3.05) is 0 Å². The summed E-state index contributed by atoms with van der Waals surface area (Å²) in [6, 6.07) is 10.1. The number of fused-ring (bicyclic) bond motifs is 1. The van der Waals surface area contributed by atoms with Crippen molar-refractivity contribution in [3.05, 3.63) is 79.7 Å². The third-order valence-electron chi connectivity index (χ3n) is 3.63. The number of nitrogens with zero attached hydrogens (tertiary/aromatic N) is 1. The first-order valence-corrected chi connectivity index (χ1v) is 7.05. The van der Waals surface area contributed by atoms with Gasteiger partial charge in [0, 0.05) is 5.02 Å². The number of nitrogens with one attached hydrogen (secondary N) is 1. The Kier molecular flexibility index (Phi) is 3.58. The summed E-state index contributed by atoms with van der Waals surface area (Å²) >= 11 is 5.85. The average Bonchev–Trinajstić information content (AvgIpc) is 2.47. The largest absolute Gasteiger partial charge is 0.329 e. The summed E-state index contributed by atoms with van der Waals surface area (Å²) in [5.74, 6) is -0.508. The number of hydrogen-bond donors (Lipinski definition) is 1. The quantitative estimate of drug-likeness (QED) is 0.789. The van der Waals surface area contributed by atoms with Crippen LogP contribution in [0.5, 0.6) is 0 Å². The lowest BCUT2D eigenvalue weighted by atomic mass is 10.1. The Bertz CT molecular complexity index is 961. The van der Waals surface area contributed by atoms with Gasteiger partial charge in [-0.15, -0.1) is 0 Å². The number of hydrogen-bond acceptors (Lipinski definition) is 2. The molecular formula is C16H12ClFN2O2. The molecule has 22 heavy (non-hydrogen) atoms. The second-order valence-electron chi connectivity index (χ2n) is 5.02. The minimum Gasteiger partial charge on any atom is -0.307 e. The van der Waals surface area contributed by atoms with Crippen molar-refractivity contribution in [2.24, 2.45) is 0 Å². The summed E-state index contributed by atoms with van der Waals surface area (Å²) in [5, 5.41) is 0.841. The van der Waals surface area contributed by atoms with Crippen LogP contribution in [-0.2, 0) is 0 Å². The van der Waals surface area contributed by atoms with Gasteiger partial charge in [-0.05, 0) is 42.8 Å². The zero-order chi connectivity index (χ0) is 15.9. The summed E-state index contributed by atoms with van der Waals surface area (Å²) in [5.41, 5.74) is -0.0697. The van der Waals surface area contributed by atoms with Crippen LogP contribution in [0.25, 0.3) is 10.9 Å². The van der Waals surface area contributed by atoms with E-state index in [1.807, 2.05) is 0 Å². The van der Waals surface area contributed by atoms with E-state index in [4.69, 9.17) is 11.6 Å². The highest BCUT2D eigenvalue weighted by Gasteiger charge is 2.15. The number of aromatic nitrogens is 2. The summed E-state index contributed by atoms with van der Waals surface area (Å²) in [6.07, 6.45) is 0. The van der Waals surface area contributed by atoms with Gasteiger partial charge in [0.25, 0.3) is 5.56 Å². The molecule has 0 radical (unpaired) electrons. The van der Waals surface area contributed by atoms with Crippen LogP contribution in [0.15, 0.2) is 52.1 Å². The van der Waals surface area contributed by atoms with Crippen LogP contribution < -0.4 is 11.2 Å². The summed E-state index contributed by atoms with van der Waals surface area (Å²) in [7, 11) is 0. The molecule has 4 nitrogen and oxygen atoms in total. The van der Waals surface area contributed by atoms with Crippen molar-refractivity contribution in [1.29, 1.82) is 0 Å². The molecule has 0 aliphatic rings. The normalized spacial score (nSPS) is 12.5. The first-order chi connectivity index (χ1) is 10.5. The van der Waals surface area contributed by atoms with Crippen molar-refractivity contribution < 1.29 is 4.39 Å². The van der Waals surface area contributed by atoms with Crippen LogP contribution in [-0.4, -0.2) is 9.55 Å². The van der Waals surface area contributed by atoms with Crippen molar-refractivity contribution in [3.8, 4) is 0 Å². The predicted octanol–water partition coefficient (Wildman–Crippen LogP) is 3.09. The minimum absolute atomic E-state index is 0.189. The van der Waals surface area contributed by atoms with Gasteiger partial charge in [-0.1, -0.05) is 23.7 Å². The molecule has 6 heteroatoms. The molecule has 0 fully saturated rings. The second kappa shape index (κ2) is 5.42. The maximum Gasteiger partial charge on any atom is 0.329 e. The van der Waals surface area contributed by atoms with Crippen molar-refractivity contribution in [1.82, 2.24) is 9.55 Å². The first kappa shape index (κ1) is 14.5. The molecule has 0 saturated heterocycles. The van der Waals surface area contributed by atoms with E-state index in [1.54, 1.807) is 31.2 Å². The van der Waals surface area contributed by atoms with E-state index in [2.05, 4.69) is 4.98 Å². The molecule has 3 rings (SSSR count). The molecule has 0 saturated carbocycles. The molecule has 1 heterocycles. The van der Waals surface area contributed by atoms with E-state index >= 15 is 0 Å². The van der Waals surface area contributed by atoms with Crippen LogP contribution in [0.3, 0.4) is 0 Å². The highest BCUT2D eigenvalue weighted by Crippen LogP contribution is 2.18. The lowest BCUT2D eigenvalue weighted by Gasteiger charge is -2.15. The molecule has 0 spiro atoms. The van der Waals surface area contributed by atoms with E-state index in [0.29, 0.717) is 5.02 Å². The Morgan fingerprint density at radius 3 is 2.50 bits per heavy atom. The van der Waals surface area contributed by atoms with E-state index < -0.39 is 23.1 Å². The fraction of sp³-hybridized carbons (Fsp3) is 0.125. The van der Waals surface area contributed by atoms with Crippen molar-refractivity contribution >= 4 is 22.5 Å². The van der Waals surface area contributed by atoms with Gasteiger partial charge in [-0.2, -0.15) is 0 Å². The summed E-state index contributed by atoms with van der Waals surface area (Å²) < 4.78 is 14.3. The van der Waals surface area contributed by atoms with Crippen LogP contribution in [0.2, 0.25) is 5.02 Å². The zero-order valence-corrected chi connectivity index (χ0v) is 12.4. The van der Waals surface area contributed by atoms with E-state index in [-0.39, 0.29) is 10.9 Å². The Balaban J connectivity index is 2.22. The van der Waals surface area contributed by atoms with Gasteiger partial charge in [0.05, 0.1) is 16.9 Å². The molecule has 0 aliphatic heterocycles. The Morgan fingerprint density at radius 1 is 1.14 bits per heavy atom. The molecule has 0 amide bonds. The maximum absolute atomic E-state index is 13.2. The number of rotatable bonds is 2. The van der Waals surface area contributed by atoms with Gasteiger partial charge in [-0.25, -0.2) is 9.18 Å². The molecule has 0 aliphatic carbocycles. The summed E-state index contributed by atoms with van der Waals surface area (Å²) in [6.45, 7) is 1.75. The van der Waals surface area contributed by atoms with E-state index in [1.165, 1.54) is 12.1 Å². The fourth-order valence-electron chi connectivity index (χ4n) is 2.45. The zero-order valence-electron chi connectivity index (χ0n) is 11.6. The van der Waals surface area contributed by atoms with Crippen LogP contribution in [0.4, 0.5) is 4.39 Å². The van der Waals surface area contributed by atoms with E-state index in [0.717, 1.165) is 16.2 Å². The average molecular weight is 319 g/mol. The molecule has 1 N–H and O–H groups in total. The highest BCUT2D eigenvalue weighted by molar-refractivity contribution is 6.30. The Morgan fingerprint density at radius 2 is 1.82 bits per heavy atom. The predicted molar refractivity (Wildman–Crippen MR) is 84.1 cm³/mol. The van der Waals surface area contributed by atoms with E-state index in [9.17, 15) is 14.0 Å². The Labute approximate surface area is 129 Å². The fourth-order valence-corrected chi connectivity index (χ4v) is 2.57. The molecule has 1 atom stereocenters. The monoisotopic (exact) mass is 318 g/mol. The lowest BCUT2D eigenvalue weighted by Crippen LogP contribution is -2.37. The third kappa shape index (κ3) is 2.44. The van der Waals surface area contributed by atoms with Gasteiger partial charge in [0.1, 0.15) is 5.82 Å². The SMILES string of the molecule is C[C@H](c1ccc(Cl)cc1)n1c(=O)[nH]c2cc(F)ccc2c1=O. The molecule has 112 valence electrons. The van der Waals surface area contributed by atoms with Crippen molar-refractivity contribution in [3.63, 3.8) is 0 Å². The van der Waals surface area contributed by atoms with Crippen LogP contribution in [0, 0.1) is 5.82 Å². The van der Waals surface area contributed by atoms with Gasteiger partial charge in [0.15, 0.2) is 0 Å². The second-order valence-corrected chi connectivity index (χ2v) is 5.46.